The highest BCUT2D eigenvalue weighted by molar-refractivity contribution is 5.74. The number of nitrogens with one attached hydrogen (secondary N) is 1. The van der Waals surface area contributed by atoms with Gasteiger partial charge in [-0.2, -0.15) is 0 Å². The largest absolute Gasteiger partial charge is 0.377 e. The van der Waals surface area contributed by atoms with E-state index in [1.807, 2.05) is 24.3 Å². The van der Waals surface area contributed by atoms with Crippen molar-refractivity contribution in [1.82, 2.24) is 20.5 Å². The van der Waals surface area contributed by atoms with Crippen LogP contribution in [0.3, 0.4) is 0 Å². The van der Waals surface area contributed by atoms with E-state index in [0.717, 1.165) is 30.7 Å². The molecule has 0 saturated carbocycles. The molecule has 1 aromatic heterocycles. The summed E-state index contributed by atoms with van der Waals surface area (Å²) in [5.41, 5.74) is 1.71. The zero-order valence-electron chi connectivity index (χ0n) is 11.6. The summed E-state index contributed by atoms with van der Waals surface area (Å²) in [5.74, 6) is 0.690. The highest BCUT2D eigenvalue weighted by Gasteiger charge is 2.25. The number of anilines is 1. The molecule has 0 aliphatic carbocycles. The van der Waals surface area contributed by atoms with Crippen molar-refractivity contribution in [3.63, 3.8) is 0 Å². The first kappa shape index (κ1) is 13.2. The molecule has 1 aliphatic heterocycles. The van der Waals surface area contributed by atoms with Gasteiger partial charge in [-0.1, -0.05) is 19.1 Å². The van der Waals surface area contributed by atoms with Gasteiger partial charge in [-0.3, -0.25) is 0 Å². The number of ether oxygens (including phenoxy) is 1. The summed E-state index contributed by atoms with van der Waals surface area (Å²) in [6.45, 7) is 6.12. The molecule has 2 heterocycles. The average Bonchev–Trinajstić information content (AvgIpc) is 2.53. The molecular formula is C14H19N5O. The summed E-state index contributed by atoms with van der Waals surface area (Å²) in [4.78, 5) is 6.81. The number of nitrogens with zero attached hydrogens (tertiary/aromatic N) is 4. The molecule has 20 heavy (non-hydrogen) atoms. The fourth-order valence-corrected chi connectivity index (χ4v) is 2.39. The van der Waals surface area contributed by atoms with Crippen LogP contribution in [0.25, 0.3) is 11.0 Å². The van der Waals surface area contributed by atoms with Crippen LogP contribution in [-0.2, 0) is 4.74 Å². The highest BCUT2D eigenvalue weighted by Crippen LogP contribution is 2.16. The van der Waals surface area contributed by atoms with Crippen molar-refractivity contribution in [3.8, 4) is 0 Å². The Balaban J connectivity index is 1.86. The summed E-state index contributed by atoms with van der Waals surface area (Å²) in [6.07, 6.45) is 0. The van der Waals surface area contributed by atoms with Crippen LogP contribution in [0.2, 0.25) is 0 Å². The van der Waals surface area contributed by atoms with Crippen molar-refractivity contribution in [1.29, 1.82) is 0 Å². The summed E-state index contributed by atoms with van der Waals surface area (Å²) in [5, 5.41) is 11.9. The van der Waals surface area contributed by atoms with E-state index in [1.54, 1.807) is 0 Å². The van der Waals surface area contributed by atoms with E-state index in [2.05, 4.69) is 32.3 Å². The number of hydrogen-bond donors (Lipinski definition) is 1. The van der Waals surface area contributed by atoms with E-state index < -0.39 is 0 Å². The number of fused-ring (bicyclic) bond motifs is 1. The quantitative estimate of drug-likeness (QED) is 0.890. The summed E-state index contributed by atoms with van der Waals surface area (Å²) in [7, 11) is 0. The fraction of sp³-hybridized carbons (Fsp3) is 0.500. The van der Waals surface area contributed by atoms with E-state index in [4.69, 9.17) is 4.74 Å². The summed E-state index contributed by atoms with van der Waals surface area (Å²) >= 11 is 0. The third-order valence-corrected chi connectivity index (χ3v) is 3.46. The lowest BCUT2D eigenvalue weighted by molar-refractivity contribution is 0.0930. The molecule has 1 fully saturated rings. The van der Waals surface area contributed by atoms with Crippen molar-refractivity contribution in [2.75, 3.05) is 37.7 Å². The second-order valence-corrected chi connectivity index (χ2v) is 4.83. The van der Waals surface area contributed by atoms with E-state index in [9.17, 15) is 0 Å². The van der Waals surface area contributed by atoms with Gasteiger partial charge in [0.1, 0.15) is 5.52 Å². The van der Waals surface area contributed by atoms with Crippen LogP contribution in [0.4, 0.5) is 5.95 Å². The first-order valence-electron chi connectivity index (χ1n) is 7.03. The predicted molar refractivity (Wildman–Crippen MR) is 77.8 cm³/mol. The van der Waals surface area contributed by atoms with Gasteiger partial charge in [0.2, 0.25) is 5.95 Å². The number of likely N-dealkylation sites (N-methyl/N-ethyl adjacent to an activating group) is 1. The lowest BCUT2D eigenvalue weighted by Gasteiger charge is -2.35. The Morgan fingerprint density at radius 1 is 1.30 bits per heavy atom. The number of benzene rings is 1. The highest BCUT2D eigenvalue weighted by atomic mass is 16.5. The maximum Gasteiger partial charge on any atom is 0.246 e. The van der Waals surface area contributed by atoms with Crippen molar-refractivity contribution >= 4 is 17.0 Å². The van der Waals surface area contributed by atoms with Gasteiger partial charge in [0.25, 0.3) is 0 Å². The van der Waals surface area contributed by atoms with E-state index in [0.29, 0.717) is 19.2 Å². The lowest BCUT2D eigenvalue weighted by atomic mass is 10.2. The minimum absolute atomic E-state index is 0.256. The Bertz CT molecular complexity index is 576. The van der Waals surface area contributed by atoms with Crippen LogP contribution in [0.15, 0.2) is 24.3 Å². The molecule has 1 aromatic carbocycles. The van der Waals surface area contributed by atoms with Gasteiger partial charge in [0, 0.05) is 13.1 Å². The third-order valence-electron chi connectivity index (χ3n) is 3.46. The second-order valence-electron chi connectivity index (χ2n) is 4.83. The van der Waals surface area contributed by atoms with Crippen LogP contribution < -0.4 is 10.2 Å². The molecule has 1 saturated heterocycles. The van der Waals surface area contributed by atoms with Crippen molar-refractivity contribution < 1.29 is 4.74 Å². The monoisotopic (exact) mass is 273 g/mol. The molecule has 3 rings (SSSR count). The minimum Gasteiger partial charge on any atom is -0.377 e. The molecule has 2 aromatic rings. The van der Waals surface area contributed by atoms with Crippen LogP contribution >= 0.6 is 0 Å². The van der Waals surface area contributed by atoms with Crippen molar-refractivity contribution in [3.05, 3.63) is 24.3 Å². The molecule has 1 aliphatic rings. The lowest BCUT2D eigenvalue weighted by Crippen LogP contribution is -2.51. The Kier molecular flexibility index (Phi) is 4.03. The summed E-state index contributed by atoms with van der Waals surface area (Å²) in [6, 6.07) is 8.06. The maximum atomic E-state index is 5.56. The number of morpholine rings is 1. The van der Waals surface area contributed by atoms with Gasteiger partial charge < -0.3 is 15.0 Å². The zero-order valence-corrected chi connectivity index (χ0v) is 11.6. The van der Waals surface area contributed by atoms with Gasteiger partial charge in [0.05, 0.1) is 24.8 Å². The molecule has 106 valence electrons. The second kappa shape index (κ2) is 6.11. The fourth-order valence-electron chi connectivity index (χ4n) is 2.39. The molecule has 0 bridgehead atoms. The molecule has 6 heteroatoms. The molecule has 1 N–H and O–H groups in total. The maximum absolute atomic E-state index is 5.56. The minimum atomic E-state index is 0.256. The van der Waals surface area contributed by atoms with Crippen LogP contribution in [0.1, 0.15) is 6.92 Å². The molecule has 0 spiro atoms. The number of aromatic nitrogens is 3. The normalized spacial score (nSPS) is 19.4. The van der Waals surface area contributed by atoms with Gasteiger partial charge in [-0.15, -0.1) is 10.2 Å². The zero-order chi connectivity index (χ0) is 13.8. The van der Waals surface area contributed by atoms with Crippen molar-refractivity contribution in [2.45, 2.75) is 13.0 Å². The topological polar surface area (TPSA) is 63.2 Å². The summed E-state index contributed by atoms with van der Waals surface area (Å²) < 4.78 is 5.56. The first-order chi connectivity index (χ1) is 9.88. The van der Waals surface area contributed by atoms with E-state index in [1.165, 1.54) is 0 Å². The van der Waals surface area contributed by atoms with Gasteiger partial charge >= 0.3 is 0 Å². The van der Waals surface area contributed by atoms with Crippen molar-refractivity contribution in [2.24, 2.45) is 0 Å². The van der Waals surface area contributed by atoms with Gasteiger partial charge in [0.15, 0.2) is 0 Å². The number of para-hydroxylation sites is 1. The first-order valence-corrected chi connectivity index (χ1v) is 7.03. The predicted octanol–water partition coefficient (Wildman–Crippen LogP) is 0.839. The SMILES string of the molecule is CCNCC1COCCN1c1nnc2ccccc2n1. The van der Waals surface area contributed by atoms with Gasteiger partial charge in [-0.25, -0.2) is 4.98 Å². The van der Waals surface area contributed by atoms with Crippen LogP contribution in [0, 0.1) is 0 Å². The average molecular weight is 273 g/mol. The molecule has 0 amide bonds. The molecule has 6 nitrogen and oxygen atoms in total. The molecule has 0 radical (unpaired) electrons. The number of hydrogen-bond acceptors (Lipinski definition) is 6. The Labute approximate surface area is 118 Å². The smallest absolute Gasteiger partial charge is 0.246 e. The standard InChI is InChI=1S/C14H19N5O/c1-2-15-9-11-10-20-8-7-19(11)14-16-12-5-3-4-6-13(12)17-18-14/h3-6,11,15H,2,7-10H2,1H3. The molecular weight excluding hydrogens is 254 g/mol. The van der Waals surface area contributed by atoms with Gasteiger partial charge in [-0.05, 0) is 18.7 Å². The van der Waals surface area contributed by atoms with Crippen LogP contribution in [-0.4, -0.2) is 54.1 Å². The molecule has 1 unspecified atom stereocenters. The Hall–Kier alpha value is -1.79. The van der Waals surface area contributed by atoms with Crippen LogP contribution in [0.5, 0.6) is 0 Å². The van der Waals surface area contributed by atoms with E-state index in [-0.39, 0.29) is 6.04 Å². The number of rotatable bonds is 4. The molecule has 1 atom stereocenters. The Morgan fingerprint density at radius 3 is 3.00 bits per heavy atom. The van der Waals surface area contributed by atoms with E-state index >= 15 is 0 Å². The Morgan fingerprint density at radius 2 is 2.15 bits per heavy atom. The third kappa shape index (κ3) is 2.71.